The van der Waals surface area contributed by atoms with Crippen molar-refractivity contribution < 1.29 is 5.11 Å². The van der Waals surface area contributed by atoms with E-state index in [-0.39, 0.29) is 12.5 Å². The molecule has 0 aliphatic carbocycles. The van der Waals surface area contributed by atoms with E-state index in [1.54, 1.807) is 18.2 Å². The number of imidazole rings is 1. The van der Waals surface area contributed by atoms with Crippen LogP contribution < -0.4 is 0 Å². The van der Waals surface area contributed by atoms with Gasteiger partial charge in [0.25, 0.3) is 0 Å². The largest absolute Gasteiger partial charge is 0.396 e. The molecule has 0 unspecified atom stereocenters. The molecule has 0 fully saturated rings. The van der Waals surface area contributed by atoms with E-state index in [2.05, 4.69) is 31.0 Å². The topological polar surface area (TPSA) is 85.6 Å². The molecule has 0 aliphatic rings. The molecule has 1 aromatic carbocycles. The molecule has 6 heteroatoms. The maximum atomic E-state index is 9.18. The lowest BCUT2D eigenvalue weighted by molar-refractivity contribution is 0.295. The lowest BCUT2D eigenvalue weighted by Gasteiger charge is -2.09. The first-order valence-electron chi connectivity index (χ1n) is 7.29. The van der Waals surface area contributed by atoms with Crippen molar-refractivity contribution in [1.82, 2.24) is 9.55 Å². The number of nitrogens with zero attached hydrogens (tertiary/aromatic N) is 4. The van der Waals surface area contributed by atoms with Gasteiger partial charge >= 0.3 is 0 Å². The van der Waals surface area contributed by atoms with Gasteiger partial charge < -0.3 is 9.67 Å². The number of benzene rings is 1. The first-order chi connectivity index (χ1) is 11.0. The third kappa shape index (κ3) is 3.73. The molecule has 0 saturated carbocycles. The highest BCUT2D eigenvalue weighted by Crippen LogP contribution is 2.35. The van der Waals surface area contributed by atoms with Crippen LogP contribution in [0.15, 0.2) is 28.1 Å². The van der Waals surface area contributed by atoms with Gasteiger partial charge in [0, 0.05) is 18.4 Å². The van der Waals surface area contributed by atoms with Crippen molar-refractivity contribution in [3.63, 3.8) is 0 Å². The summed E-state index contributed by atoms with van der Waals surface area (Å²) in [5.41, 5.74) is 1.90. The van der Waals surface area contributed by atoms with E-state index in [0.29, 0.717) is 17.5 Å². The van der Waals surface area contributed by atoms with Gasteiger partial charge in [-0.1, -0.05) is 25.6 Å². The van der Waals surface area contributed by atoms with Crippen LogP contribution in [0.25, 0.3) is 0 Å². The summed E-state index contributed by atoms with van der Waals surface area (Å²) < 4.78 is 1.97. The molecule has 0 spiro atoms. The van der Waals surface area contributed by atoms with Crippen LogP contribution in [0.2, 0.25) is 0 Å². The Bertz CT molecular complexity index is 764. The lowest BCUT2D eigenvalue weighted by Crippen LogP contribution is -2.01. The molecule has 118 valence electrons. The lowest BCUT2D eigenvalue weighted by atomic mass is 10.1. The summed E-state index contributed by atoms with van der Waals surface area (Å²) >= 11 is 1.49. The number of aliphatic hydroxyl groups is 1. The number of hydrogen-bond donors (Lipinski definition) is 1. The normalized spacial score (nSPS) is 10.6. The minimum absolute atomic E-state index is 0.0506. The van der Waals surface area contributed by atoms with Crippen LogP contribution in [0.1, 0.15) is 42.4 Å². The highest BCUT2D eigenvalue weighted by Gasteiger charge is 2.18. The summed E-state index contributed by atoms with van der Waals surface area (Å²) in [6.45, 7) is 4.19. The van der Waals surface area contributed by atoms with Crippen molar-refractivity contribution in [2.45, 2.75) is 36.1 Å². The number of rotatable bonds is 5. The molecule has 23 heavy (non-hydrogen) atoms. The Labute approximate surface area is 140 Å². The number of aromatic nitrogens is 2. The standard InChI is InChI=1S/C17H18N4OS/c1-11(2)16-17(21(3)15(20-16)4-5-22)23-14-7-12(9-18)6-13(8-14)10-19/h6-8,11,22H,4-5H2,1-3H3. The van der Waals surface area contributed by atoms with Gasteiger partial charge in [0.2, 0.25) is 0 Å². The quantitative estimate of drug-likeness (QED) is 0.913. The molecule has 0 bridgehead atoms. The Morgan fingerprint density at radius 2 is 1.83 bits per heavy atom. The third-order valence-electron chi connectivity index (χ3n) is 3.42. The predicted octanol–water partition coefficient (Wildman–Crippen LogP) is 2.97. The summed E-state index contributed by atoms with van der Waals surface area (Å²) in [4.78, 5) is 5.47. The van der Waals surface area contributed by atoms with Crippen LogP contribution in [0.4, 0.5) is 0 Å². The SMILES string of the molecule is CC(C)c1nc(CCO)n(C)c1Sc1cc(C#N)cc(C#N)c1. The van der Waals surface area contributed by atoms with Gasteiger partial charge in [-0.25, -0.2) is 4.98 Å². The monoisotopic (exact) mass is 326 g/mol. The molecule has 1 N–H and O–H groups in total. The zero-order chi connectivity index (χ0) is 17.0. The fourth-order valence-corrected chi connectivity index (χ4v) is 3.49. The van der Waals surface area contributed by atoms with Crippen molar-refractivity contribution in [1.29, 1.82) is 10.5 Å². The van der Waals surface area contributed by atoms with E-state index in [9.17, 15) is 5.11 Å². The highest BCUT2D eigenvalue weighted by molar-refractivity contribution is 7.99. The van der Waals surface area contributed by atoms with Gasteiger partial charge in [-0.3, -0.25) is 0 Å². The van der Waals surface area contributed by atoms with E-state index in [4.69, 9.17) is 10.5 Å². The molecule has 0 radical (unpaired) electrons. The van der Waals surface area contributed by atoms with Crippen molar-refractivity contribution in [2.24, 2.45) is 7.05 Å². The van der Waals surface area contributed by atoms with E-state index >= 15 is 0 Å². The second-order valence-corrected chi connectivity index (χ2v) is 6.54. The zero-order valence-electron chi connectivity index (χ0n) is 13.4. The van der Waals surface area contributed by atoms with Crippen LogP contribution in [-0.4, -0.2) is 21.3 Å². The van der Waals surface area contributed by atoms with Crippen LogP contribution in [0.5, 0.6) is 0 Å². The van der Waals surface area contributed by atoms with Crippen LogP contribution in [0, 0.1) is 22.7 Å². The third-order valence-corrected chi connectivity index (χ3v) is 4.57. The summed E-state index contributed by atoms with van der Waals surface area (Å²) in [7, 11) is 1.92. The van der Waals surface area contributed by atoms with E-state index < -0.39 is 0 Å². The molecular weight excluding hydrogens is 308 g/mol. The molecule has 2 rings (SSSR count). The average molecular weight is 326 g/mol. The Kier molecular flexibility index (Phi) is 5.44. The Morgan fingerprint density at radius 3 is 2.30 bits per heavy atom. The number of aliphatic hydroxyl groups excluding tert-OH is 1. The summed E-state index contributed by atoms with van der Waals surface area (Å²) in [6.07, 6.45) is 0.498. The Morgan fingerprint density at radius 1 is 1.22 bits per heavy atom. The van der Waals surface area contributed by atoms with Gasteiger partial charge in [-0.05, 0) is 24.1 Å². The van der Waals surface area contributed by atoms with Crippen LogP contribution in [-0.2, 0) is 13.5 Å². The average Bonchev–Trinajstić information content (AvgIpc) is 2.84. The van der Waals surface area contributed by atoms with Crippen molar-refractivity contribution in [2.75, 3.05) is 6.61 Å². The fraction of sp³-hybridized carbons (Fsp3) is 0.353. The molecule has 2 aromatic rings. The first kappa shape index (κ1) is 17.1. The molecular formula is C17H18N4OS. The van der Waals surface area contributed by atoms with Gasteiger partial charge in [-0.15, -0.1) is 0 Å². The van der Waals surface area contributed by atoms with Gasteiger partial charge in [-0.2, -0.15) is 10.5 Å². The van der Waals surface area contributed by atoms with Gasteiger partial charge in [0.1, 0.15) is 10.9 Å². The smallest absolute Gasteiger partial charge is 0.111 e. The summed E-state index contributed by atoms with van der Waals surface area (Å²) in [5, 5.41) is 28.4. The maximum absolute atomic E-state index is 9.18. The summed E-state index contributed by atoms with van der Waals surface area (Å²) in [6, 6.07) is 9.29. The van der Waals surface area contributed by atoms with Crippen molar-refractivity contribution in [3.05, 3.63) is 40.8 Å². The molecule has 5 nitrogen and oxygen atoms in total. The molecule has 0 aliphatic heterocycles. The minimum atomic E-state index is 0.0506. The number of nitriles is 2. The number of hydrogen-bond acceptors (Lipinski definition) is 5. The predicted molar refractivity (Wildman–Crippen MR) is 88.1 cm³/mol. The van der Waals surface area contributed by atoms with E-state index in [1.807, 2.05) is 11.6 Å². The molecule has 0 atom stereocenters. The first-order valence-corrected chi connectivity index (χ1v) is 8.11. The van der Waals surface area contributed by atoms with E-state index in [0.717, 1.165) is 21.4 Å². The summed E-state index contributed by atoms with van der Waals surface area (Å²) in [5.74, 6) is 1.07. The second-order valence-electron chi connectivity index (χ2n) is 5.48. The van der Waals surface area contributed by atoms with Crippen molar-refractivity contribution in [3.8, 4) is 12.1 Å². The van der Waals surface area contributed by atoms with E-state index in [1.165, 1.54) is 11.8 Å². The maximum Gasteiger partial charge on any atom is 0.111 e. The van der Waals surface area contributed by atoms with Gasteiger partial charge in [0.15, 0.2) is 0 Å². The second kappa shape index (κ2) is 7.32. The zero-order valence-corrected chi connectivity index (χ0v) is 14.2. The molecule has 0 amide bonds. The van der Waals surface area contributed by atoms with Crippen LogP contribution in [0.3, 0.4) is 0 Å². The highest BCUT2D eigenvalue weighted by atomic mass is 32.2. The Hall–Kier alpha value is -2.28. The molecule has 1 heterocycles. The molecule has 1 aromatic heterocycles. The van der Waals surface area contributed by atoms with Crippen molar-refractivity contribution >= 4 is 11.8 Å². The minimum Gasteiger partial charge on any atom is -0.396 e. The Balaban J connectivity index is 2.48. The van der Waals surface area contributed by atoms with Crippen LogP contribution >= 0.6 is 11.8 Å². The fourth-order valence-electron chi connectivity index (χ4n) is 2.27. The van der Waals surface area contributed by atoms with Gasteiger partial charge in [0.05, 0.1) is 35.6 Å². The molecule has 0 saturated heterocycles.